The zero-order valence-corrected chi connectivity index (χ0v) is 29.2. The van der Waals surface area contributed by atoms with Crippen LogP contribution in [-0.4, -0.2) is 73.2 Å². The lowest BCUT2D eigenvalue weighted by Gasteiger charge is -2.35. The van der Waals surface area contributed by atoms with Crippen LogP contribution in [0.25, 0.3) is 0 Å². The molecule has 4 aromatic carbocycles. The highest BCUT2D eigenvalue weighted by Crippen LogP contribution is 2.60. The number of anilines is 2. The second kappa shape index (κ2) is 13.1. The average Bonchev–Trinajstić information content (AvgIpc) is 3.84. The van der Waals surface area contributed by atoms with Crippen LogP contribution >= 0.6 is 0 Å². The van der Waals surface area contributed by atoms with Gasteiger partial charge in [0.25, 0.3) is 11.8 Å². The highest BCUT2D eigenvalue weighted by atomic mass is 16.5. The highest BCUT2D eigenvalue weighted by Gasteiger charge is 2.73. The molecule has 4 heterocycles. The molecule has 0 aliphatic carbocycles. The molecule has 0 bridgehead atoms. The standard InChI is InChI=1S/C40H38N4O8/c1-5-51-29-19-11-25(12-20-29)41-37(45)31-33(23-7-15-27(49-3)16-8-23)44-36-32(38(46)42(40(36)48)26-13-21-30(22-14-26)52-6-2)34(43(44)35(31)39(41)47)24-9-17-28(50-4)18-10-24/h7-22,31-36H,5-6H2,1-4H3/t31-,32-,33-,34+,35+,36-/m0/s1. The fourth-order valence-corrected chi connectivity index (χ4v) is 8.33. The number of amides is 4. The van der Waals surface area contributed by atoms with E-state index in [0.29, 0.717) is 58.7 Å². The normalized spacial score (nSPS) is 25.4. The van der Waals surface area contributed by atoms with Crippen molar-refractivity contribution in [1.82, 2.24) is 10.0 Å². The third kappa shape index (κ3) is 5.04. The highest BCUT2D eigenvalue weighted by molar-refractivity contribution is 6.26. The van der Waals surface area contributed by atoms with Crippen molar-refractivity contribution in [3.8, 4) is 23.0 Å². The van der Waals surface area contributed by atoms with Gasteiger partial charge in [0, 0.05) is 0 Å². The van der Waals surface area contributed by atoms with Gasteiger partial charge >= 0.3 is 0 Å². The smallest absolute Gasteiger partial charge is 0.253 e. The minimum Gasteiger partial charge on any atom is -0.497 e. The predicted octanol–water partition coefficient (Wildman–Crippen LogP) is 4.95. The summed E-state index contributed by atoms with van der Waals surface area (Å²) < 4.78 is 22.1. The fourth-order valence-electron chi connectivity index (χ4n) is 8.33. The zero-order valence-electron chi connectivity index (χ0n) is 29.2. The van der Waals surface area contributed by atoms with Gasteiger partial charge in [-0.2, -0.15) is 0 Å². The molecule has 4 aromatic rings. The Labute approximate surface area is 301 Å². The molecule has 4 saturated heterocycles. The van der Waals surface area contributed by atoms with E-state index in [2.05, 4.69) is 0 Å². The van der Waals surface area contributed by atoms with Gasteiger partial charge in [0.2, 0.25) is 11.8 Å². The van der Waals surface area contributed by atoms with Gasteiger partial charge in [0.05, 0.1) is 62.7 Å². The summed E-state index contributed by atoms with van der Waals surface area (Å²) in [6, 6.07) is 24.8. The summed E-state index contributed by atoms with van der Waals surface area (Å²) in [5, 5.41) is 3.69. The molecule has 0 unspecified atom stereocenters. The number of ether oxygens (including phenoxy) is 4. The molecule has 12 heteroatoms. The monoisotopic (exact) mass is 702 g/mol. The molecule has 4 fully saturated rings. The molecule has 52 heavy (non-hydrogen) atoms. The molecule has 0 aromatic heterocycles. The van der Waals surface area contributed by atoms with E-state index in [1.165, 1.54) is 9.80 Å². The Morgan fingerprint density at radius 3 is 1.08 bits per heavy atom. The predicted molar refractivity (Wildman–Crippen MR) is 190 cm³/mol. The van der Waals surface area contributed by atoms with E-state index < -0.39 is 47.8 Å². The molecule has 0 spiro atoms. The number of imide groups is 2. The number of methoxy groups -OCH3 is 2. The zero-order chi connectivity index (χ0) is 36.3. The summed E-state index contributed by atoms with van der Waals surface area (Å²) in [6.45, 7) is 4.71. The van der Waals surface area contributed by atoms with Gasteiger partial charge in [-0.3, -0.25) is 19.2 Å². The average molecular weight is 703 g/mol. The Kier molecular flexibility index (Phi) is 8.43. The number of nitrogens with zero attached hydrogens (tertiary/aromatic N) is 4. The van der Waals surface area contributed by atoms with Crippen molar-refractivity contribution < 1.29 is 38.1 Å². The molecular weight excluding hydrogens is 664 g/mol. The largest absolute Gasteiger partial charge is 0.497 e. The fraction of sp³-hybridized carbons (Fsp3) is 0.300. The molecule has 4 amide bonds. The van der Waals surface area contributed by atoms with Crippen molar-refractivity contribution in [2.75, 3.05) is 37.2 Å². The molecule has 266 valence electrons. The van der Waals surface area contributed by atoms with Crippen molar-refractivity contribution in [3.63, 3.8) is 0 Å². The van der Waals surface area contributed by atoms with Crippen molar-refractivity contribution in [2.45, 2.75) is 38.0 Å². The Morgan fingerprint density at radius 2 is 0.769 bits per heavy atom. The minimum absolute atomic E-state index is 0.389. The number of carbonyl (C=O) groups is 4. The lowest BCUT2D eigenvalue weighted by Crippen LogP contribution is -2.50. The van der Waals surface area contributed by atoms with E-state index in [-0.39, 0.29) is 11.8 Å². The van der Waals surface area contributed by atoms with Crippen LogP contribution in [0.15, 0.2) is 97.1 Å². The molecule has 0 radical (unpaired) electrons. The van der Waals surface area contributed by atoms with Gasteiger partial charge < -0.3 is 18.9 Å². The Hall–Kier alpha value is -5.72. The number of benzene rings is 4. The van der Waals surface area contributed by atoms with E-state index in [1.807, 2.05) is 48.1 Å². The van der Waals surface area contributed by atoms with Crippen LogP contribution in [0.3, 0.4) is 0 Å². The van der Waals surface area contributed by atoms with Crippen LogP contribution < -0.4 is 28.7 Å². The molecule has 0 saturated carbocycles. The lowest BCUT2D eigenvalue weighted by atomic mass is 9.84. The van der Waals surface area contributed by atoms with Crippen LogP contribution in [0.2, 0.25) is 0 Å². The minimum atomic E-state index is -0.997. The number of carbonyl (C=O) groups excluding carboxylic acids is 4. The van der Waals surface area contributed by atoms with E-state index in [9.17, 15) is 19.2 Å². The summed E-state index contributed by atoms with van der Waals surface area (Å²) in [5.74, 6) is -0.952. The maximum atomic E-state index is 14.7. The van der Waals surface area contributed by atoms with Crippen LogP contribution in [0.4, 0.5) is 11.4 Å². The topological polar surface area (TPSA) is 118 Å². The maximum Gasteiger partial charge on any atom is 0.253 e. The number of hydrogen-bond acceptors (Lipinski definition) is 10. The van der Waals surface area contributed by atoms with Gasteiger partial charge in [-0.25, -0.2) is 19.8 Å². The van der Waals surface area contributed by atoms with Gasteiger partial charge in [0.15, 0.2) is 0 Å². The first kappa shape index (κ1) is 33.4. The summed E-state index contributed by atoms with van der Waals surface area (Å²) in [5.41, 5.74) is 2.26. The molecule has 4 aliphatic heterocycles. The van der Waals surface area contributed by atoms with E-state index in [4.69, 9.17) is 18.9 Å². The van der Waals surface area contributed by atoms with Crippen molar-refractivity contribution >= 4 is 35.0 Å². The Morgan fingerprint density at radius 1 is 0.442 bits per heavy atom. The third-order valence-corrected chi connectivity index (χ3v) is 10.5. The first-order valence-electron chi connectivity index (χ1n) is 17.4. The molecular formula is C40H38N4O8. The summed E-state index contributed by atoms with van der Waals surface area (Å²) in [7, 11) is 3.14. The summed E-state index contributed by atoms with van der Waals surface area (Å²) in [4.78, 5) is 61.3. The van der Waals surface area contributed by atoms with Crippen LogP contribution in [0.1, 0.15) is 37.1 Å². The number of fused-ring (bicyclic) bond motifs is 5. The number of hydrazine groups is 1. The summed E-state index contributed by atoms with van der Waals surface area (Å²) >= 11 is 0. The van der Waals surface area contributed by atoms with Crippen molar-refractivity contribution in [3.05, 3.63) is 108 Å². The first-order chi connectivity index (χ1) is 25.3. The van der Waals surface area contributed by atoms with Crippen LogP contribution in [-0.2, 0) is 19.2 Å². The lowest BCUT2D eigenvalue weighted by molar-refractivity contribution is -0.136. The van der Waals surface area contributed by atoms with Gasteiger partial charge in [-0.1, -0.05) is 24.3 Å². The number of hydrogen-bond donors (Lipinski definition) is 0. The van der Waals surface area contributed by atoms with E-state index in [0.717, 1.165) is 0 Å². The second-order valence-electron chi connectivity index (χ2n) is 13.0. The van der Waals surface area contributed by atoms with Crippen LogP contribution in [0.5, 0.6) is 23.0 Å². The molecule has 6 atom stereocenters. The number of rotatable bonds is 10. The second-order valence-corrected chi connectivity index (χ2v) is 13.0. The van der Waals surface area contributed by atoms with Crippen LogP contribution in [0, 0.1) is 11.8 Å². The first-order valence-corrected chi connectivity index (χ1v) is 17.4. The molecule has 4 aliphatic rings. The third-order valence-electron chi connectivity index (χ3n) is 10.5. The Bertz CT molecular complexity index is 1870. The summed E-state index contributed by atoms with van der Waals surface area (Å²) in [6.07, 6.45) is 0. The van der Waals surface area contributed by atoms with Crippen molar-refractivity contribution in [1.29, 1.82) is 0 Å². The van der Waals surface area contributed by atoms with Gasteiger partial charge in [-0.05, 0) is 97.8 Å². The SMILES string of the molecule is CCOc1ccc(N2C(=O)[C@@H]3[C@@H](C2=O)N2[C@@H](c4ccc(OC)cc4)[C@@H]4C(=O)N(c5ccc(OCC)cc5)C(=O)[C@@H]4N2[C@@H]3c2ccc(OC)cc2)cc1. The molecule has 12 nitrogen and oxygen atoms in total. The van der Waals surface area contributed by atoms with E-state index in [1.54, 1.807) is 87.0 Å². The Balaban J connectivity index is 1.28. The molecule has 0 N–H and O–H groups in total. The maximum absolute atomic E-state index is 14.7. The van der Waals surface area contributed by atoms with Gasteiger partial charge in [0.1, 0.15) is 35.1 Å². The van der Waals surface area contributed by atoms with Crippen molar-refractivity contribution in [2.24, 2.45) is 11.8 Å². The quantitative estimate of drug-likeness (QED) is 0.210. The van der Waals surface area contributed by atoms with Gasteiger partial charge in [-0.15, -0.1) is 0 Å². The molecule has 8 rings (SSSR count). The van der Waals surface area contributed by atoms with E-state index >= 15 is 0 Å².